The van der Waals surface area contributed by atoms with Gasteiger partial charge in [-0.25, -0.2) is 0 Å². The molecule has 5 heteroatoms. The third kappa shape index (κ3) is 6.79. The van der Waals surface area contributed by atoms with Crippen LogP contribution in [0.2, 0.25) is 0 Å². The van der Waals surface area contributed by atoms with Crippen LogP contribution in [-0.4, -0.2) is 28.4 Å². The number of thioether (sulfide) groups is 2. The second-order valence-corrected chi connectivity index (χ2v) is 5.82. The van der Waals surface area contributed by atoms with Crippen LogP contribution in [0.4, 0.5) is 0 Å². The van der Waals surface area contributed by atoms with Crippen molar-refractivity contribution in [2.24, 2.45) is 0 Å². The molecular formula is C9H18N2S3. The van der Waals surface area contributed by atoms with Gasteiger partial charge in [-0.2, -0.15) is 0 Å². The lowest BCUT2D eigenvalue weighted by atomic mass is 10.2. The van der Waals surface area contributed by atoms with E-state index in [2.05, 4.69) is 10.6 Å². The van der Waals surface area contributed by atoms with Crippen LogP contribution < -0.4 is 10.6 Å². The van der Waals surface area contributed by atoms with Crippen LogP contribution in [0.3, 0.4) is 0 Å². The Morgan fingerprint density at radius 1 is 0.857 bits per heavy atom. The minimum atomic E-state index is 0.796. The Hall–Kier alpha value is 0.390. The first-order chi connectivity index (χ1) is 6.89. The van der Waals surface area contributed by atoms with Crippen molar-refractivity contribution in [3.05, 3.63) is 0 Å². The van der Waals surface area contributed by atoms with E-state index in [-0.39, 0.29) is 0 Å². The standard InChI is InChI=1S/C9H18N2S3/c12-9-10-7-13-5-3-1-2-4-6-14-8-11-9/h1-8H2,(H2,10,11,12). The van der Waals surface area contributed by atoms with Crippen molar-refractivity contribution in [2.75, 3.05) is 23.3 Å². The number of nitrogens with one attached hydrogen (secondary N) is 2. The van der Waals surface area contributed by atoms with Gasteiger partial charge in [0.05, 0.1) is 11.8 Å². The molecule has 0 atom stereocenters. The molecule has 0 bridgehead atoms. The van der Waals surface area contributed by atoms with Gasteiger partial charge in [-0.3, -0.25) is 0 Å². The lowest BCUT2D eigenvalue weighted by Gasteiger charge is -2.08. The summed E-state index contributed by atoms with van der Waals surface area (Å²) < 4.78 is 0. The summed E-state index contributed by atoms with van der Waals surface area (Å²) in [5.41, 5.74) is 0. The Morgan fingerprint density at radius 3 is 1.86 bits per heavy atom. The first-order valence-corrected chi connectivity index (χ1v) is 7.78. The van der Waals surface area contributed by atoms with Gasteiger partial charge >= 0.3 is 0 Å². The van der Waals surface area contributed by atoms with Crippen molar-refractivity contribution in [1.29, 1.82) is 0 Å². The van der Waals surface area contributed by atoms with E-state index in [0.29, 0.717) is 0 Å². The SMILES string of the molecule is S=C1NCSCCCCCCSCN1. The maximum Gasteiger partial charge on any atom is 0.167 e. The molecule has 0 aromatic heterocycles. The second kappa shape index (κ2) is 8.68. The highest BCUT2D eigenvalue weighted by Crippen LogP contribution is 2.10. The number of thiocarbonyl (C=S) groups is 1. The smallest absolute Gasteiger partial charge is 0.167 e. The summed E-state index contributed by atoms with van der Waals surface area (Å²) in [6.45, 7) is 0. The topological polar surface area (TPSA) is 24.1 Å². The van der Waals surface area contributed by atoms with Crippen LogP contribution in [0, 0.1) is 0 Å². The fourth-order valence-electron chi connectivity index (χ4n) is 1.20. The van der Waals surface area contributed by atoms with Crippen LogP contribution in [-0.2, 0) is 0 Å². The first-order valence-electron chi connectivity index (χ1n) is 5.07. The molecule has 0 saturated carbocycles. The minimum Gasteiger partial charge on any atom is -0.354 e. The molecule has 0 spiro atoms. The molecule has 0 aromatic rings. The molecule has 2 N–H and O–H groups in total. The zero-order valence-electron chi connectivity index (χ0n) is 8.38. The Balaban J connectivity index is 2.15. The second-order valence-electron chi connectivity index (χ2n) is 3.20. The van der Waals surface area contributed by atoms with Gasteiger partial charge in [-0.15, -0.1) is 23.5 Å². The van der Waals surface area contributed by atoms with Crippen molar-refractivity contribution in [2.45, 2.75) is 25.7 Å². The highest BCUT2D eigenvalue weighted by Gasteiger charge is 1.97. The summed E-state index contributed by atoms with van der Waals surface area (Å²) in [7, 11) is 0. The lowest BCUT2D eigenvalue weighted by Crippen LogP contribution is -2.34. The van der Waals surface area contributed by atoms with E-state index in [9.17, 15) is 0 Å². The largest absolute Gasteiger partial charge is 0.354 e. The van der Waals surface area contributed by atoms with Gasteiger partial charge < -0.3 is 10.6 Å². The van der Waals surface area contributed by atoms with E-state index in [1.54, 1.807) is 0 Å². The Morgan fingerprint density at radius 2 is 1.36 bits per heavy atom. The molecule has 1 saturated heterocycles. The maximum absolute atomic E-state index is 5.12. The molecule has 0 unspecified atom stereocenters. The van der Waals surface area contributed by atoms with Gasteiger partial charge in [-0.05, 0) is 36.6 Å². The van der Waals surface area contributed by atoms with Crippen LogP contribution in [0.1, 0.15) is 25.7 Å². The summed E-state index contributed by atoms with van der Waals surface area (Å²) >= 11 is 8.99. The first kappa shape index (κ1) is 12.5. The third-order valence-corrected chi connectivity index (χ3v) is 4.14. The van der Waals surface area contributed by atoms with Gasteiger partial charge in [0.25, 0.3) is 0 Å². The van der Waals surface area contributed by atoms with Gasteiger partial charge in [0, 0.05) is 0 Å². The van der Waals surface area contributed by atoms with Crippen molar-refractivity contribution in [3.63, 3.8) is 0 Å². The zero-order chi connectivity index (χ0) is 10.1. The average Bonchev–Trinajstić information content (AvgIpc) is 2.20. The van der Waals surface area contributed by atoms with Gasteiger partial charge in [-0.1, -0.05) is 12.8 Å². The van der Waals surface area contributed by atoms with Crippen LogP contribution in [0.15, 0.2) is 0 Å². The van der Waals surface area contributed by atoms with Crippen LogP contribution >= 0.6 is 35.7 Å². The van der Waals surface area contributed by atoms with Crippen molar-refractivity contribution in [1.82, 2.24) is 10.6 Å². The molecule has 0 aromatic carbocycles. The molecule has 0 aliphatic carbocycles. The summed E-state index contributed by atoms with van der Waals surface area (Å²) in [4.78, 5) is 0. The fourth-order valence-corrected chi connectivity index (χ4v) is 3.13. The summed E-state index contributed by atoms with van der Waals surface area (Å²) in [6.07, 6.45) is 5.45. The molecule has 14 heavy (non-hydrogen) atoms. The Labute approximate surface area is 100 Å². The average molecular weight is 250 g/mol. The van der Waals surface area contributed by atoms with E-state index in [0.717, 1.165) is 16.9 Å². The van der Waals surface area contributed by atoms with Crippen molar-refractivity contribution in [3.8, 4) is 0 Å². The van der Waals surface area contributed by atoms with Gasteiger partial charge in [0.1, 0.15) is 0 Å². The van der Waals surface area contributed by atoms with Crippen molar-refractivity contribution < 1.29 is 0 Å². The quantitative estimate of drug-likeness (QED) is 0.643. The molecule has 1 rings (SSSR count). The Bertz CT molecular complexity index is 148. The molecule has 1 heterocycles. The molecule has 82 valence electrons. The number of hydrogen-bond acceptors (Lipinski definition) is 3. The summed E-state index contributed by atoms with van der Waals surface area (Å²) in [5, 5.41) is 7.18. The molecule has 2 nitrogen and oxygen atoms in total. The van der Waals surface area contributed by atoms with Gasteiger partial charge in [0.2, 0.25) is 0 Å². The van der Waals surface area contributed by atoms with E-state index in [4.69, 9.17) is 12.2 Å². The highest BCUT2D eigenvalue weighted by molar-refractivity contribution is 7.99. The summed E-state index contributed by atoms with van der Waals surface area (Å²) in [6, 6.07) is 0. The molecule has 1 aliphatic heterocycles. The number of hydrogen-bond donors (Lipinski definition) is 2. The normalized spacial score (nSPS) is 22.1. The summed E-state index contributed by atoms with van der Waals surface area (Å²) in [5.74, 6) is 4.39. The predicted molar refractivity (Wildman–Crippen MR) is 72.0 cm³/mol. The zero-order valence-corrected chi connectivity index (χ0v) is 10.8. The third-order valence-electron chi connectivity index (χ3n) is 2.00. The maximum atomic E-state index is 5.12. The fraction of sp³-hybridized carbons (Fsp3) is 0.889. The van der Waals surface area contributed by atoms with Crippen LogP contribution in [0.5, 0.6) is 0 Å². The Kier molecular flexibility index (Phi) is 7.72. The van der Waals surface area contributed by atoms with E-state index < -0.39 is 0 Å². The minimum absolute atomic E-state index is 0.796. The van der Waals surface area contributed by atoms with E-state index in [1.165, 1.54) is 37.2 Å². The molecule has 0 radical (unpaired) electrons. The lowest BCUT2D eigenvalue weighted by molar-refractivity contribution is 0.711. The number of rotatable bonds is 0. The van der Waals surface area contributed by atoms with E-state index >= 15 is 0 Å². The monoisotopic (exact) mass is 250 g/mol. The molecular weight excluding hydrogens is 232 g/mol. The van der Waals surface area contributed by atoms with E-state index in [1.807, 2.05) is 23.5 Å². The van der Waals surface area contributed by atoms with Gasteiger partial charge in [0.15, 0.2) is 5.11 Å². The molecule has 0 amide bonds. The highest BCUT2D eigenvalue weighted by atomic mass is 32.2. The van der Waals surface area contributed by atoms with Crippen LogP contribution in [0.25, 0.3) is 0 Å². The molecule has 1 fully saturated rings. The molecule has 1 aliphatic rings. The predicted octanol–water partition coefficient (Wildman–Crippen LogP) is 2.41. The van der Waals surface area contributed by atoms with Crippen molar-refractivity contribution >= 4 is 40.9 Å².